The van der Waals surface area contributed by atoms with Crippen LogP contribution in [0.2, 0.25) is 0 Å². The first kappa shape index (κ1) is 15.1. The van der Waals surface area contributed by atoms with Crippen molar-refractivity contribution in [2.45, 2.75) is 18.2 Å². The Morgan fingerprint density at radius 3 is 2.67 bits per heavy atom. The highest BCUT2D eigenvalue weighted by molar-refractivity contribution is 9.10. The molecule has 18 heavy (non-hydrogen) atoms. The van der Waals surface area contributed by atoms with Gasteiger partial charge in [0, 0.05) is 12.5 Å². The quantitative estimate of drug-likeness (QED) is 0.839. The van der Waals surface area contributed by atoms with Crippen molar-refractivity contribution in [1.82, 2.24) is 0 Å². The van der Waals surface area contributed by atoms with Gasteiger partial charge in [-0.1, -0.05) is 5.57 Å². The van der Waals surface area contributed by atoms with Crippen molar-refractivity contribution in [3.63, 3.8) is 0 Å². The number of rotatable bonds is 5. The summed E-state index contributed by atoms with van der Waals surface area (Å²) in [6, 6.07) is 2.07. The minimum absolute atomic E-state index is 0.223. The molecule has 7 heteroatoms. The number of hydrogen-bond acceptors (Lipinski definition) is 3. The SMILES string of the molecule is C=C(C)CCOc1cc(F)c(S(N)(=O)=O)cc1Br. The fourth-order valence-corrected chi connectivity index (χ4v) is 2.40. The smallest absolute Gasteiger partial charge is 0.241 e. The first-order valence-electron chi connectivity index (χ1n) is 5.01. The van der Waals surface area contributed by atoms with Crippen molar-refractivity contribution >= 4 is 26.0 Å². The number of primary sulfonamides is 1. The minimum Gasteiger partial charge on any atom is -0.492 e. The number of halogens is 2. The van der Waals surface area contributed by atoms with Crippen molar-refractivity contribution in [1.29, 1.82) is 0 Å². The summed E-state index contributed by atoms with van der Waals surface area (Å²) in [7, 11) is -4.08. The Morgan fingerprint density at radius 1 is 1.56 bits per heavy atom. The Hall–Kier alpha value is -0.920. The molecule has 0 amide bonds. The fourth-order valence-electron chi connectivity index (χ4n) is 1.17. The van der Waals surface area contributed by atoms with E-state index in [1.54, 1.807) is 0 Å². The highest BCUT2D eigenvalue weighted by atomic mass is 79.9. The van der Waals surface area contributed by atoms with Crippen LogP contribution in [-0.4, -0.2) is 15.0 Å². The molecule has 0 aliphatic heterocycles. The van der Waals surface area contributed by atoms with Crippen LogP contribution in [0.1, 0.15) is 13.3 Å². The predicted molar refractivity (Wildman–Crippen MR) is 70.4 cm³/mol. The van der Waals surface area contributed by atoms with Crippen molar-refractivity contribution < 1.29 is 17.5 Å². The lowest BCUT2D eigenvalue weighted by Gasteiger charge is -2.10. The monoisotopic (exact) mass is 337 g/mol. The van der Waals surface area contributed by atoms with Gasteiger partial charge in [0.05, 0.1) is 11.1 Å². The number of nitrogens with two attached hydrogens (primary N) is 1. The van der Waals surface area contributed by atoms with Crippen molar-refractivity contribution in [2.75, 3.05) is 6.61 Å². The van der Waals surface area contributed by atoms with E-state index in [1.165, 1.54) is 0 Å². The molecular formula is C11H13BrFNO3S. The second-order valence-corrected chi connectivity index (χ2v) is 6.20. The lowest BCUT2D eigenvalue weighted by atomic mass is 10.2. The minimum atomic E-state index is -4.08. The van der Waals surface area contributed by atoms with E-state index in [0.717, 1.165) is 17.7 Å². The molecule has 0 unspecified atom stereocenters. The van der Waals surface area contributed by atoms with E-state index in [0.29, 0.717) is 17.5 Å². The van der Waals surface area contributed by atoms with E-state index in [4.69, 9.17) is 9.88 Å². The van der Waals surface area contributed by atoms with Gasteiger partial charge in [-0.25, -0.2) is 17.9 Å². The summed E-state index contributed by atoms with van der Waals surface area (Å²) >= 11 is 3.11. The molecule has 1 rings (SSSR count). The van der Waals surface area contributed by atoms with Crippen LogP contribution in [0.3, 0.4) is 0 Å². The van der Waals surface area contributed by atoms with Gasteiger partial charge < -0.3 is 4.74 Å². The van der Waals surface area contributed by atoms with Crippen LogP contribution in [0.15, 0.2) is 33.7 Å². The van der Waals surface area contributed by atoms with Gasteiger partial charge in [-0.05, 0) is 28.9 Å². The van der Waals surface area contributed by atoms with Crippen LogP contribution in [0.4, 0.5) is 4.39 Å². The summed E-state index contributed by atoms with van der Waals surface area (Å²) in [6.07, 6.45) is 0.630. The molecule has 0 aliphatic carbocycles. The summed E-state index contributed by atoms with van der Waals surface area (Å²) in [5.74, 6) is -0.716. The van der Waals surface area contributed by atoms with E-state index >= 15 is 0 Å². The third-order valence-corrected chi connectivity index (χ3v) is 3.62. The molecule has 0 aliphatic rings. The van der Waals surface area contributed by atoms with Crippen LogP contribution in [0.25, 0.3) is 0 Å². The third kappa shape index (κ3) is 4.08. The van der Waals surface area contributed by atoms with E-state index in [9.17, 15) is 12.8 Å². The van der Waals surface area contributed by atoms with E-state index in [2.05, 4.69) is 22.5 Å². The Morgan fingerprint density at radius 2 is 2.17 bits per heavy atom. The predicted octanol–water partition coefficient (Wildman–Crippen LogP) is 2.58. The molecule has 0 saturated carbocycles. The Balaban J connectivity index is 2.97. The molecule has 1 aromatic carbocycles. The molecule has 1 aromatic rings. The maximum absolute atomic E-state index is 13.5. The van der Waals surface area contributed by atoms with Gasteiger partial charge in [-0.2, -0.15) is 0 Å². The molecule has 4 nitrogen and oxygen atoms in total. The number of ether oxygens (including phenoxy) is 1. The molecule has 2 N–H and O–H groups in total. The lowest BCUT2D eigenvalue weighted by molar-refractivity contribution is 0.317. The number of sulfonamides is 1. The second-order valence-electron chi connectivity index (χ2n) is 3.81. The van der Waals surface area contributed by atoms with Crippen LogP contribution < -0.4 is 9.88 Å². The van der Waals surface area contributed by atoms with Crippen molar-refractivity contribution in [2.24, 2.45) is 5.14 Å². The van der Waals surface area contributed by atoms with E-state index in [1.807, 2.05) is 6.92 Å². The molecule has 100 valence electrons. The highest BCUT2D eigenvalue weighted by Gasteiger charge is 2.17. The van der Waals surface area contributed by atoms with E-state index < -0.39 is 20.7 Å². The maximum atomic E-state index is 13.5. The highest BCUT2D eigenvalue weighted by Crippen LogP contribution is 2.30. The first-order valence-corrected chi connectivity index (χ1v) is 7.35. The van der Waals surface area contributed by atoms with E-state index in [-0.39, 0.29) is 5.75 Å². The van der Waals surface area contributed by atoms with Crippen molar-refractivity contribution in [3.05, 3.63) is 34.6 Å². The molecule has 0 bridgehead atoms. The molecule has 0 radical (unpaired) electrons. The fraction of sp³-hybridized carbons (Fsp3) is 0.273. The second kappa shape index (κ2) is 5.81. The van der Waals surface area contributed by atoms with Crippen LogP contribution in [0, 0.1) is 5.82 Å². The standard InChI is InChI=1S/C11H13BrFNO3S/c1-7(2)3-4-17-10-6-9(13)11(5-8(10)12)18(14,15)16/h5-6H,1,3-4H2,2H3,(H2,14,15,16). The summed E-state index contributed by atoms with van der Waals surface area (Å²) in [5, 5.41) is 4.88. The largest absolute Gasteiger partial charge is 0.492 e. The zero-order valence-electron chi connectivity index (χ0n) is 9.74. The maximum Gasteiger partial charge on any atom is 0.241 e. The van der Waals surface area contributed by atoms with Gasteiger partial charge in [0.15, 0.2) is 0 Å². The first-order chi connectivity index (χ1) is 8.21. The summed E-state index contributed by atoms with van der Waals surface area (Å²) in [4.78, 5) is -0.568. The summed E-state index contributed by atoms with van der Waals surface area (Å²) in [6.45, 7) is 5.90. The number of hydrogen-bond donors (Lipinski definition) is 1. The lowest BCUT2D eigenvalue weighted by Crippen LogP contribution is -2.14. The van der Waals surface area contributed by atoms with Gasteiger partial charge in [0.25, 0.3) is 0 Å². The van der Waals surface area contributed by atoms with Crippen LogP contribution >= 0.6 is 15.9 Å². The van der Waals surface area contributed by atoms with Gasteiger partial charge in [0.1, 0.15) is 16.5 Å². The van der Waals surface area contributed by atoms with Gasteiger partial charge >= 0.3 is 0 Å². The van der Waals surface area contributed by atoms with Crippen LogP contribution in [-0.2, 0) is 10.0 Å². The van der Waals surface area contributed by atoms with Gasteiger partial charge in [-0.3, -0.25) is 0 Å². The molecule has 0 saturated heterocycles. The Labute approximate surface area is 114 Å². The van der Waals surface area contributed by atoms with Crippen molar-refractivity contribution in [3.8, 4) is 5.75 Å². The molecule has 0 spiro atoms. The molecule has 0 heterocycles. The topological polar surface area (TPSA) is 69.4 Å². The summed E-state index contributed by atoms with van der Waals surface area (Å²) < 4.78 is 41.3. The summed E-state index contributed by atoms with van der Waals surface area (Å²) in [5.41, 5.74) is 0.938. The molecule has 0 fully saturated rings. The average molecular weight is 338 g/mol. The Bertz CT molecular complexity index is 572. The molecule has 0 atom stereocenters. The van der Waals surface area contributed by atoms with Gasteiger partial charge in [-0.15, -0.1) is 6.58 Å². The molecular weight excluding hydrogens is 325 g/mol. The Kier molecular flexibility index (Phi) is 4.89. The number of benzene rings is 1. The zero-order chi connectivity index (χ0) is 13.9. The zero-order valence-corrected chi connectivity index (χ0v) is 12.1. The average Bonchev–Trinajstić information content (AvgIpc) is 2.20. The molecule has 0 aromatic heterocycles. The third-order valence-electron chi connectivity index (χ3n) is 2.08. The van der Waals surface area contributed by atoms with Gasteiger partial charge in [0.2, 0.25) is 10.0 Å². The van der Waals surface area contributed by atoms with Crippen LogP contribution in [0.5, 0.6) is 5.75 Å². The normalized spacial score (nSPS) is 11.3.